The van der Waals surface area contributed by atoms with E-state index in [1.54, 1.807) is 11.3 Å². The van der Waals surface area contributed by atoms with E-state index in [4.69, 9.17) is 11.6 Å². The van der Waals surface area contributed by atoms with Gasteiger partial charge in [-0.3, -0.25) is 4.99 Å². The first kappa shape index (κ1) is 17.8. The molecule has 0 spiro atoms. The number of guanidine groups is 1. The molecule has 0 aliphatic rings. The number of benzene rings is 1. The fourth-order valence-electron chi connectivity index (χ4n) is 2.42. The Kier molecular flexibility index (Phi) is 6.42. The van der Waals surface area contributed by atoms with Gasteiger partial charge in [-0.05, 0) is 31.5 Å². The Hall–Kier alpha value is -1.59. The number of nitrogens with zero attached hydrogens (tertiary/aromatic N) is 3. The van der Waals surface area contributed by atoms with Gasteiger partial charge in [-0.15, -0.1) is 11.3 Å². The number of hydrogen-bond donors (Lipinski definition) is 1. The monoisotopic (exact) mass is 350 g/mol. The Balaban J connectivity index is 1.86. The second-order valence-corrected chi connectivity index (χ2v) is 7.17. The number of aryl methyl sites for hydroxylation is 2. The molecule has 2 rings (SSSR count). The quantitative estimate of drug-likeness (QED) is 0.660. The SMILES string of the molecule is CN=C(NCCc1sc(C)nc1C)N(C)Cc1ccc(Cl)cc1. The van der Waals surface area contributed by atoms with Crippen LogP contribution in [0.3, 0.4) is 0 Å². The molecule has 0 amide bonds. The maximum atomic E-state index is 5.93. The molecule has 1 heterocycles. The highest BCUT2D eigenvalue weighted by atomic mass is 35.5. The number of halogens is 1. The summed E-state index contributed by atoms with van der Waals surface area (Å²) >= 11 is 7.69. The molecule has 0 saturated heterocycles. The van der Waals surface area contributed by atoms with Crippen LogP contribution in [0.25, 0.3) is 0 Å². The van der Waals surface area contributed by atoms with Crippen molar-refractivity contribution >= 4 is 28.9 Å². The first-order valence-corrected chi connectivity index (χ1v) is 8.78. The topological polar surface area (TPSA) is 40.5 Å². The molecular formula is C17H23ClN4S. The van der Waals surface area contributed by atoms with Gasteiger partial charge >= 0.3 is 0 Å². The molecule has 0 saturated carbocycles. The van der Waals surface area contributed by atoms with Crippen LogP contribution in [0.1, 0.15) is 21.1 Å². The van der Waals surface area contributed by atoms with Gasteiger partial charge in [-0.25, -0.2) is 4.98 Å². The summed E-state index contributed by atoms with van der Waals surface area (Å²) in [6.07, 6.45) is 0.963. The Morgan fingerprint density at radius 3 is 2.57 bits per heavy atom. The summed E-state index contributed by atoms with van der Waals surface area (Å²) in [4.78, 5) is 12.3. The van der Waals surface area contributed by atoms with Crippen molar-refractivity contribution in [2.75, 3.05) is 20.6 Å². The van der Waals surface area contributed by atoms with Gasteiger partial charge in [-0.1, -0.05) is 23.7 Å². The van der Waals surface area contributed by atoms with Crippen LogP contribution in [0.15, 0.2) is 29.3 Å². The van der Waals surface area contributed by atoms with Crippen molar-refractivity contribution in [1.82, 2.24) is 15.2 Å². The average Bonchev–Trinajstić information content (AvgIpc) is 2.84. The summed E-state index contributed by atoms with van der Waals surface area (Å²) < 4.78 is 0. The van der Waals surface area contributed by atoms with Gasteiger partial charge < -0.3 is 10.2 Å². The van der Waals surface area contributed by atoms with Gasteiger partial charge in [0.25, 0.3) is 0 Å². The minimum atomic E-state index is 0.758. The molecule has 0 atom stereocenters. The highest BCUT2D eigenvalue weighted by molar-refractivity contribution is 7.11. The van der Waals surface area contributed by atoms with E-state index >= 15 is 0 Å². The molecule has 23 heavy (non-hydrogen) atoms. The number of aromatic nitrogens is 1. The van der Waals surface area contributed by atoms with Crippen molar-refractivity contribution in [3.8, 4) is 0 Å². The lowest BCUT2D eigenvalue weighted by atomic mass is 10.2. The molecule has 0 aliphatic heterocycles. The van der Waals surface area contributed by atoms with Gasteiger partial charge in [0.15, 0.2) is 5.96 Å². The maximum Gasteiger partial charge on any atom is 0.193 e. The normalized spacial score (nSPS) is 11.6. The van der Waals surface area contributed by atoms with E-state index in [1.807, 2.05) is 45.3 Å². The fraction of sp³-hybridized carbons (Fsp3) is 0.412. The molecule has 0 fully saturated rings. The second-order valence-electron chi connectivity index (χ2n) is 5.45. The van der Waals surface area contributed by atoms with E-state index in [2.05, 4.69) is 27.1 Å². The van der Waals surface area contributed by atoms with E-state index in [0.29, 0.717) is 0 Å². The molecule has 0 unspecified atom stereocenters. The smallest absolute Gasteiger partial charge is 0.193 e. The summed E-state index contributed by atoms with van der Waals surface area (Å²) in [5.41, 5.74) is 2.34. The number of aliphatic imine (C=N–C) groups is 1. The minimum Gasteiger partial charge on any atom is -0.356 e. The molecule has 1 aromatic carbocycles. The standard InChI is InChI=1S/C17H23ClN4S/c1-12-16(23-13(2)21-12)9-10-20-17(19-3)22(4)11-14-5-7-15(18)8-6-14/h5-8H,9-11H2,1-4H3,(H,19,20). The van der Waals surface area contributed by atoms with Crippen LogP contribution >= 0.6 is 22.9 Å². The Bertz CT molecular complexity index is 664. The molecule has 1 N–H and O–H groups in total. The first-order chi connectivity index (χ1) is 11.0. The van der Waals surface area contributed by atoms with Crippen molar-refractivity contribution < 1.29 is 0 Å². The largest absolute Gasteiger partial charge is 0.356 e. The summed E-state index contributed by atoms with van der Waals surface area (Å²) in [6.45, 7) is 5.75. The van der Waals surface area contributed by atoms with Crippen LogP contribution in [0.2, 0.25) is 5.02 Å². The molecule has 0 radical (unpaired) electrons. The summed E-state index contributed by atoms with van der Waals surface area (Å²) in [7, 11) is 3.84. The summed E-state index contributed by atoms with van der Waals surface area (Å²) in [5, 5.41) is 5.30. The predicted molar refractivity (Wildman–Crippen MR) is 99.6 cm³/mol. The molecule has 6 heteroatoms. The lowest BCUT2D eigenvalue weighted by Crippen LogP contribution is -2.39. The van der Waals surface area contributed by atoms with Gasteiger partial charge in [-0.2, -0.15) is 0 Å². The Morgan fingerprint density at radius 1 is 1.30 bits per heavy atom. The molecule has 124 valence electrons. The zero-order chi connectivity index (χ0) is 16.8. The summed E-state index contributed by atoms with van der Waals surface area (Å²) in [6, 6.07) is 7.90. The van der Waals surface area contributed by atoms with Crippen LogP contribution in [0.4, 0.5) is 0 Å². The fourth-order valence-corrected chi connectivity index (χ4v) is 3.48. The van der Waals surface area contributed by atoms with Crippen LogP contribution in [-0.4, -0.2) is 36.5 Å². The van der Waals surface area contributed by atoms with Gasteiger partial charge in [0, 0.05) is 43.5 Å². The van der Waals surface area contributed by atoms with E-state index in [9.17, 15) is 0 Å². The van der Waals surface area contributed by atoms with Gasteiger partial charge in [0.2, 0.25) is 0 Å². The minimum absolute atomic E-state index is 0.758. The van der Waals surface area contributed by atoms with Crippen molar-refractivity contribution in [3.05, 3.63) is 50.4 Å². The third-order valence-corrected chi connectivity index (χ3v) is 4.93. The average molecular weight is 351 g/mol. The van der Waals surface area contributed by atoms with Gasteiger partial charge in [0.05, 0.1) is 10.7 Å². The zero-order valence-electron chi connectivity index (χ0n) is 14.1. The second kappa shape index (κ2) is 8.31. The zero-order valence-corrected chi connectivity index (χ0v) is 15.6. The van der Waals surface area contributed by atoms with Gasteiger partial charge in [0.1, 0.15) is 0 Å². The third-order valence-electron chi connectivity index (χ3n) is 3.54. The van der Waals surface area contributed by atoms with Crippen molar-refractivity contribution in [2.24, 2.45) is 4.99 Å². The van der Waals surface area contributed by atoms with E-state index in [0.717, 1.165) is 41.2 Å². The van der Waals surface area contributed by atoms with Crippen molar-refractivity contribution in [3.63, 3.8) is 0 Å². The van der Waals surface area contributed by atoms with Crippen LogP contribution in [0.5, 0.6) is 0 Å². The number of hydrogen-bond acceptors (Lipinski definition) is 3. The van der Waals surface area contributed by atoms with E-state index in [-0.39, 0.29) is 0 Å². The van der Waals surface area contributed by atoms with Crippen LogP contribution < -0.4 is 5.32 Å². The van der Waals surface area contributed by atoms with Crippen LogP contribution in [0, 0.1) is 13.8 Å². The van der Waals surface area contributed by atoms with E-state index < -0.39 is 0 Å². The lowest BCUT2D eigenvalue weighted by molar-refractivity contribution is 0.477. The molecule has 2 aromatic rings. The molecule has 1 aromatic heterocycles. The molecule has 0 aliphatic carbocycles. The summed E-state index contributed by atoms with van der Waals surface area (Å²) in [5.74, 6) is 0.888. The van der Waals surface area contributed by atoms with Crippen LogP contribution in [-0.2, 0) is 13.0 Å². The molecule has 0 bridgehead atoms. The predicted octanol–water partition coefficient (Wildman–Crippen LogP) is 3.66. The number of rotatable bonds is 5. The Morgan fingerprint density at radius 2 is 2.00 bits per heavy atom. The number of nitrogens with one attached hydrogen (secondary N) is 1. The maximum absolute atomic E-state index is 5.93. The van der Waals surface area contributed by atoms with Crippen molar-refractivity contribution in [1.29, 1.82) is 0 Å². The Labute approximate surface area is 147 Å². The highest BCUT2D eigenvalue weighted by Gasteiger charge is 2.08. The molecular weight excluding hydrogens is 328 g/mol. The molecule has 4 nitrogen and oxygen atoms in total. The highest BCUT2D eigenvalue weighted by Crippen LogP contribution is 2.17. The number of thiazole rings is 1. The third kappa shape index (κ3) is 5.22. The lowest BCUT2D eigenvalue weighted by Gasteiger charge is -2.22. The van der Waals surface area contributed by atoms with Crippen molar-refractivity contribution in [2.45, 2.75) is 26.8 Å². The van der Waals surface area contributed by atoms with E-state index in [1.165, 1.54) is 10.4 Å². The first-order valence-electron chi connectivity index (χ1n) is 7.58.